The van der Waals surface area contributed by atoms with Gasteiger partial charge in [-0.05, 0) is 44.7 Å². The average Bonchev–Trinajstić information content (AvgIpc) is 3.29. The summed E-state index contributed by atoms with van der Waals surface area (Å²) in [5.41, 5.74) is 5.73. The number of ether oxygens (including phenoxy) is 2. The lowest BCUT2D eigenvalue weighted by Crippen LogP contribution is -2.50. The van der Waals surface area contributed by atoms with Crippen molar-refractivity contribution >= 4 is 46.8 Å². The van der Waals surface area contributed by atoms with Crippen LogP contribution in [-0.4, -0.2) is 94.3 Å². The lowest BCUT2D eigenvalue weighted by atomic mass is 9.73. The molecule has 6 heterocycles. The molecule has 43 heavy (non-hydrogen) atoms. The fourth-order valence-corrected chi connectivity index (χ4v) is 7.14. The summed E-state index contributed by atoms with van der Waals surface area (Å²) >= 11 is 8.20. The Morgan fingerprint density at radius 1 is 1.07 bits per heavy atom. The summed E-state index contributed by atoms with van der Waals surface area (Å²) < 4.78 is 11.0. The Morgan fingerprint density at radius 2 is 1.81 bits per heavy atom. The number of nitrogens with zero attached hydrogens (tertiary/aromatic N) is 7. The number of hydrogen-bond donors (Lipinski definition) is 3. The minimum atomic E-state index is -0.809. The molecular formula is C29H38ClN9O3S. The van der Waals surface area contributed by atoms with Crippen molar-refractivity contribution in [1.29, 1.82) is 0 Å². The average molecular weight is 628 g/mol. The maximum absolute atomic E-state index is 10.6. The topological polar surface area (TPSA) is 148 Å². The van der Waals surface area contributed by atoms with Crippen LogP contribution < -0.4 is 20.9 Å². The number of aromatic nitrogens is 5. The molecule has 3 fully saturated rings. The Morgan fingerprint density at radius 3 is 2.49 bits per heavy atom. The highest BCUT2D eigenvalue weighted by Gasteiger charge is 2.47. The minimum absolute atomic E-state index is 0.0704. The molecule has 0 bridgehead atoms. The van der Waals surface area contributed by atoms with Crippen LogP contribution in [0, 0.1) is 5.41 Å². The van der Waals surface area contributed by atoms with Gasteiger partial charge in [0.15, 0.2) is 5.82 Å². The molecule has 0 saturated carbocycles. The molecule has 3 aromatic rings. The van der Waals surface area contributed by atoms with E-state index in [9.17, 15) is 5.11 Å². The number of methoxy groups -OCH3 is 1. The second-order valence-electron chi connectivity index (χ2n) is 11.7. The van der Waals surface area contributed by atoms with Crippen molar-refractivity contribution in [2.75, 3.05) is 61.6 Å². The lowest BCUT2D eigenvalue weighted by molar-refractivity contribution is -0.0473. The van der Waals surface area contributed by atoms with Crippen LogP contribution in [0.3, 0.4) is 0 Å². The molecule has 1 spiro atoms. The molecule has 2 atom stereocenters. The Kier molecular flexibility index (Phi) is 8.90. The summed E-state index contributed by atoms with van der Waals surface area (Å²) in [6, 6.07) is 3.71. The molecular weight excluding hydrogens is 590 g/mol. The van der Waals surface area contributed by atoms with Gasteiger partial charge in [0.25, 0.3) is 0 Å². The summed E-state index contributed by atoms with van der Waals surface area (Å²) in [7, 11) is 1.60. The Bertz CT molecular complexity index is 1400. The van der Waals surface area contributed by atoms with E-state index in [4.69, 9.17) is 31.8 Å². The van der Waals surface area contributed by atoms with E-state index in [1.807, 2.05) is 12.3 Å². The highest BCUT2D eigenvalue weighted by Crippen LogP contribution is 2.42. The highest BCUT2D eigenvalue weighted by molar-refractivity contribution is 7.99. The van der Waals surface area contributed by atoms with Gasteiger partial charge in [0.1, 0.15) is 16.7 Å². The van der Waals surface area contributed by atoms with E-state index in [-0.39, 0.29) is 17.6 Å². The van der Waals surface area contributed by atoms with Crippen molar-refractivity contribution in [3.63, 3.8) is 0 Å². The molecule has 14 heteroatoms. The maximum atomic E-state index is 10.6. The first kappa shape index (κ1) is 30.2. The summed E-state index contributed by atoms with van der Waals surface area (Å²) in [6.07, 6.45) is 10.3. The fourth-order valence-electron chi connectivity index (χ4n) is 6.11. The predicted molar refractivity (Wildman–Crippen MR) is 166 cm³/mol. The Labute approximate surface area is 260 Å². The standard InChI is InChI=1S/C29H38ClN9O3S/c1-19-25(31)28(17-42-19)5-11-38(12-6-28)22-15-35-23(16-34-22)43-20-3-9-32-26(24(20)30)36-21-4-10-33-27(37-21)39-13-7-29(40,8-14-39)18-41-2/h3-4,9-10,15-16,19,25,40H,5-8,11-14,17-18,31H2,1-2H3,(H,32,33,36,37)/t19-,25+/m0/s1. The molecule has 3 aromatic heterocycles. The van der Waals surface area contributed by atoms with Crippen LogP contribution in [-0.2, 0) is 9.47 Å². The van der Waals surface area contributed by atoms with E-state index in [1.54, 1.807) is 31.8 Å². The van der Waals surface area contributed by atoms with Gasteiger partial charge >= 0.3 is 0 Å². The molecule has 230 valence electrons. The van der Waals surface area contributed by atoms with Crippen LogP contribution in [0.2, 0.25) is 5.02 Å². The van der Waals surface area contributed by atoms with Gasteiger partial charge < -0.3 is 35.4 Å². The van der Waals surface area contributed by atoms with E-state index < -0.39 is 5.60 Å². The number of halogens is 1. The molecule has 6 rings (SSSR count). The minimum Gasteiger partial charge on any atom is -0.387 e. The number of pyridine rings is 1. The van der Waals surface area contributed by atoms with Gasteiger partial charge in [0, 0.05) is 62.0 Å². The third kappa shape index (κ3) is 6.52. The summed E-state index contributed by atoms with van der Waals surface area (Å²) in [6.45, 7) is 6.16. The summed E-state index contributed by atoms with van der Waals surface area (Å²) in [4.78, 5) is 28.0. The zero-order chi connectivity index (χ0) is 30.0. The normalized spacial score (nSPS) is 23.1. The highest BCUT2D eigenvalue weighted by atomic mass is 35.5. The van der Waals surface area contributed by atoms with Crippen molar-refractivity contribution in [3.8, 4) is 0 Å². The van der Waals surface area contributed by atoms with Crippen molar-refractivity contribution in [3.05, 3.63) is 41.9 Å². The van der Waals surface area contributed by atoms with E-state index in [0.29, 0.717) is 55.1 Å². The number of nitrogens with one attached hydrogen (secondary N) is 1. The Hall–Kier alpha value is -2.81. The van der Waals surface area contributed by atoms with Crippen molar-refractivity contribution in [2.45, 2.75) is 60.3 Å². The largest absolute Gasteiger partial charge is 0.387 e. The van der Waals surface area contributed by atoms with Crippen LogP contribution in [0.25, 0.3) is 0 Å². The quantitative estimate of drug-likeness (QED) is 0.335. The fraction of sp³-hybridized carbons (Fsp3) is 0.552. The van der Waals surface area contributed by atoms with Gasteiger partial charge in [-0.1, -0.05) is 23.4 Å². The van der Waals surface area contributed by atoms with Crippen molar-refractivity contribution in [1.82, 2.24) is 24.9 Å². The Balaban J connectivity index is 1.07. The number of hydrogen-bond acceptors (Lipinski definition) is 13. The zero-order valence-corrected chi connectivity index (χ0v) is 26.0. The van der Waals surface area contributed by atoms with E-state index >= 15 is 0 Å². The first-order chi connectivity index (χ1) is 20.8. The second kappa shape index (κ2) is 12.7. The van der Waals surface area contributed by atoms with E-state index in [2.05, 4.69) is 42.0 Å². The summed E-state index contributed by atoms with van der Waals surface area (Å²) in [5, 5.41) is 15.1. The smallest absolute Gasteiger partial charge is 0.227 e. The van der Waals surface area contributed by atoms with Crippen LogP contribution in [0.1, 0.15) is 32.6 Å². The van der Waals surface area contributed by atoms with Crippen LogP contribution in [0.15, 0.2) is 46.8 Å². The van der Waals surface area contributed by atoms with Crippen LogP contribution in [0.5, 0.6) is 0 Å². The lowest BCUT2D eigenvalue weighted by Gasteiger charge is -2.41. The third-order valence-corrected chi connectivity index (χ3v) is 10.4. The second-order valence-corrected chi connectivity index (χ2v) is 13.1. The molecule has 3 aliphatic heterocycles. The first-order valence-electron chi connectivity index (χ1n) is 14.6. The monoisotopic (exact) mass is 627 g/mol. The van der Waals surface area contributed by atoms with Gasteiger partial charge in [-0.3, -0.25) is 0 Å². The zero-order valence-electron chi connectivity index (χ0n) is 24.4. The molecule has 3 aliphatic rings. The third-order valence-electron chi connectivity index (χ3n) is 8.89. The maximum Gasteiger partial charge on any atom is 0.227 e. The van der Waals surface area contributed by atoms with Gasteiger partial charge in [-0.15, -0.1) is 0 Å². The number of rotatable bonds is 8. The number of anilines is 4. The number of nitrogens with two attached hydrogens (primary N) is 1. The molecule has 0 aliphatic carbocycles. The van der Waals surface area contributed by atoms with Gasteiger partial charge in [-0.2, -0.15) is 4.98 Å². The SMILES string of the molecule is COCC1(O)CCN(c2nccc(Nc3nccc(Sc4cnc(N5CCC6(CC5)CO[C@@H](C)[C@H]6N)cn4)c3Cl)n2)CC1. The van der Waals surface area contributed by atoms with Crippen LogP contribution in [0.4, 0.5) is 23.4 Å². The number of aliphatic hydroxyl groups is 1. The van der Waals surface area contributed by atoms with Crippen LogP contribution >= 0.6 is 23.4 Å². The van der Waals surface area contributed by atoms with Crippen molar-refractivity contribution < 1.29 is 14.6 Å². The molecule has 3 saturated heterocycles. The van der Waals surface area contributed by atoms with Gasteiger partial charge in [-0.25, -0.2) is 19.9 Å². The van der Waals surface area contributed by atoms with Crippen molar-refractivity contribution in [2.24, 2.45) is 11.1 Å². The van der Waals surface area contributed by atoms with Gasteiger partial charge in [0.05, 0.1) is 42.3 Å². The molecule has 4 N–H and O–H groups in total. The molecule has 0 aromatic carbocycles. The molecule has 12 nitrogen and oxygen atoms in total. The van der Waals surface area contributed by atoms with E-state index in [1.165, 1.54) is 11.8 Å². The molecule has 0 unspecified atom stereocenters. The first-order valence-corrected chi connectivity index (χ1v) is 15.8. The number of piperidine rings is 2. The molecule has 0 radical (unpaired) electrons. The van der Waals surface area contributed by atoms with Gasteiger partial charge in [0.2, 0.25) is 5.95 Å². The molecule has 0 amide bonds. The summed E-state index contributed by atoms with van der Waals surface area (Å²) in [5.74, 6) is 2.50. The predicted octanol–water partition coefficient (Wildman–Crippen LogP) is 3.52. The van der Waals surface area contributed by atoms with E-state index in [0.717, 1.165) is 48.3 Å².